The molecule has 0 fully saturated rings. The number of hydrogen-bond acceptors (Lipinski definition) is 2. The van der Waals surface area contributed by atoms with Crippen LogP contribution in [0.1, 0.15) is 25.8 Å². The van der Waals surface area contributed by atoms with Gasteiger partial charge in [-0.3, -0.25) is 4.99 Å². The van der Waals surface area contributed by atoms with Gasteiger partial charge in [0.05, 0.1) is 0 Å². The van der Waals surface area contributed by atoms with Crippen molar-refractivity contribution >= 4 is 17.5 Å². The molecule has 0 saturated heterocycles. The van der Waals surface area contributed by atoms with E-state index < -0.39 is 0 Å². The molecule has 0 radical (unpaired) electrons. The molecule has 14 heavy (non-hydrogen) atoms. The molecular formula is C12H16N2. The molecule has 0 spiro atoms. The Balaban J connectivity index is 3.07. The topological polar surface area (TPSA) is 38.4 Å². The lowest BCUT2D eigenvalue weighted by molar-refractivity contribution is 1.23. The summed E-state index contributed by atoms with van der Waals surface area (Å²) in [6.45, 7) is 4.00. The van der Waals surface area contributed by atoms with E-state index in [0.29, 0.717) is 0 Å². The third-order valence-electron chi connectivity index (χ3n) is 2.07. The van der Waals surface area contributed by atoms with E-state index in [1.54, 1.807) is 6.21 Å². The Hall–Kier alpha value is -1.57. The van der Waals surface area contributed by atoms with E-state index in [-0.39, 0.29) is 0 Å². The minimum Gasteiger partial charge on any atom is -0.398 e. The van der Waals surface area contributed by atoms with E-state index in [9.17, 15) is 0 Å². The van der Waals surface area contributed by atoms with E-state index in [2.05, 4.69) is 11.9 Å². The molecule has 0 atom stereocenters. The standard InChI is InChI=1S/C12H16N2/c1-3-10(9-14-4-2)11-7-5-6-8-12(11)13/h4-9H,3,13H2,1-2H3/b10-9+,14-4?. The summed E-state index contributed by atoms with van der Waals surface area (Å²) >= 11 is 0. The van der Waals surface area contributed by atoms with Crippen molar-refractivity contribution in [2.45, 2.75) is 20.3 Å². The van der Waals surface area contributed by atoms with Crippen molar-refractivity contribution in [2.24, 2.45) is 4.99 Å². The van der Waals surface area contributed by atoms with Crippen LogP contribution in [0.15, 0.2) is 35.5 Å². The summed E-state index contributed by atoms with van der Waals surface area (Å²) in [5.74, 6) is 0. The lowest BCUT2D eigenvalue weighted by Gasteiger charge is -2.06. The van der Waals surface area contributed by atoms with Crippen molar-refractivity contribution in [1.82, 2.24) is 0 Å². The van der Waals surface area contributed by atoms with Crippen molar-refractivity contribution in [3.8, 4) is 0 Å². The fraction of sp³-hybridized carbons (Fsp3) is 0.250. The molecule has 0 unspecified atom stereocenters. The first-order valence-electron chi connectivity index (χ1n) is 4.81. The highest BCUT2D eigenvalue weighted by atomic mass is 14.7. The zero-order valence-electron chi connectivity index (χ0n) is 8.70. The van der Waals surface area contributed by atoms with Crippen molar-refractivity contribution in [1.29, 1.82) is 0 Å². The van der Waals surface area contributed by atoms with Crippen LogP contribution < -0.4 is 5.73 Å². The predicted octanol–water partition coefficient (Wildman–Crippen LogP) is 3.11. The number of allylic oxidation sites excluding steroid dienone is 1. The Labute approximate surface area is 85.2 Å². The quantitative estimate of drug-likeness (QED) is 0.574. The second-order valence-corrected chi connectivity index (χ2v) is 3.00. The van der Waals surface area contributed by atoms with E-state index >= 15 is 0 Å². The van der Waals surface area contributed by atoms with Crippen LogP contribution in [0.3, 0.4) is 0 Å². The number of aliphatic imine (C=N–C) groups is 1. The number of hydrogen-bond donors (Lipinski definition) is 1. The minimum atomic E-state index is 0.812. The highest BCUT2D eigenvalue weighted by Gasteiger charge is 2.01. The van der Waals surface area contributed by atoms with Gasteiger partial charge in [0.15, 0.2) is 0 Å². The number of nitrogens with two attached hydrogens (primary N) is 1. The van der Waals surface area contributed by atoms with Crippen LogP contribution in [-0.2, 0) is 0 Å². The summed E-state index contributed by atoms with van der Waals surface area (Å²) in [4.78, 5) is 4.12. The Bertz CT molecular complexity index is 351. The molecule has 0 saturated carbocycles. The highest BCUT2D eigenvalue weighted by Crippen LogP contribution is 2.23. The zero-order valence-corrected chi connectivity index (χ0v) is 8.70. The van der Waals surface area contributed by atoms with Crippen molar-refractivity contribution in [2.75, 3.05) is 5.73 Å². The van der Waals surface area contributed by atoms with E-state index in [1.807, 2.05) is 37.4 Å². The maximum atomic E-state index is 5.88. The van der Waals surface area contributed by atoms with Gasteiger partial charge in [0.2, 0.25) is 0 Å². The minimum absolute atomic E-state index is 0.812. The molecule has 0 aliphatic carbocycles. The summed E-state index contributed by atoms with van der Waals surface area (Å²) in [7, 11) is 0. The summed E-state index contributed by atoms with van der Waals surface area (Å²) in [6, 6.07) is 7.87. The third kappa shape index (κ3) is 2.46. The summed E-state index contributed by atoms with van der Waals surface area (Å²) < 4.78 is 0. The molecule has 0 aliphatic heterocycles. The molecule has 0 heterocycles. The van der Waals surface area contributed by atoms with Gasteiger partial charge in [-0.2, -0.15) is 0 Å². The average Bonchev–Trinajstić information content (AvgIpc) is 2.21. The fourth-order valence-corrected chi connectivity index (χ4v) is 1.31. The van der Waals surface area contributed by atoms with Crippen LogP contribution in [0, 0.1) is 0 Å². The number of rotatable bonds is 3. The molecule has 1 aromatic carbocycles. The van der Waals surface area contributed by atoms with E-state index in [0.717, 1.165) is 17.7 Å². The van der Waals surface area contributed by atoms with Crippen LogP contribution in [0.4, 0.5) is 5.69 Å². The Morgan fingerprint density at radius 2 is 2.14 bits per heavy atom. The first kappa shape index (κ1) is 10.5. The van der Waals surface area contributed by atoms with Gasteiger partial charge in [-0.1, -0.05) is 25.1 Å². The van der Waals surface area contributed by atoms with Crippen LogP contribution in [0.2, 0.25) is 0 Å². The van der Waals surface area contributed by atoms with Gasteiger partial charge in [-0.25, -0.2) is 0 Å². The second-order valence-electron chi connectivity index (χ2n) is 3.00. The molecule has 0 aromatic heterocycles. The van der Waals surface area contributed by atoms with Gasteiger partial charge in [-0.15, -0.1) is 0 Å². The summed E-state index contributed by atoms with van der Waals surface area (Å²) in [6.07, 6.45) is 4.58. The van der Waals surface area contributed by atoms with Crippen LogP contribution >= 0.6 is 0 Å². The van der Waals surface area contributed by atoms with Crippen LogP contribution in [0.5, 0.6) is 0 Å². The second kappa shape index (κ2) is 5.22. The molecule has 0 aliphatic rings. The molecule has 0 bridgehead atoms. The number of anilines is 1. The first-order valence-corrected chi connectivity index (χ1v) is 4.81. The first-order chi connectivity index (χ1) is 6.79. The number of para-hydroxylation sites is 1. The SMILES string of the molecule is CC=N/C=C(\CC)c1ccccc1N. The Morgan fingerprint density at radius 1 is 1.43 bits per heavy atom. The molecule has 2 nitrogen and oxygen atoms in total. The summed E-state index contributed by atoms with van der Waals surface area (Å²) in [5, 5.41) is 0. The van der Waals surface area contributed by atoms with Crippen molar-refractivity contribution in [3.63, 3.8) is 0 Å². The molecule has 1 rings (SSSR count). The third-order valence-corrected chi connectivity index (χ3v) is 2.07. The van der Waals surface area contributed by atoms with E-state index in [4.69, 9.17) is 5.73 Å². The largest absolute Gasteiger partial charge is 0.398 e. The maximum absolute atomic E-state index is 5.88. The van der Waals surface area contributed by atoms with Gasteiger partial charge >= 0.3 is 0 Å². The Kier molecular flexibility index (Phi) is 3.92. The zero-order chi connectivity index (χ0) is 10.4. The number of nitrogens with zero attached hydrogens (tertiary/aromatic N) is 1. The van der Waals surface area contributed by atoms with Gasteiger partial charge in [0.25, 0.3) is 0 Å². The molecule has 0 amide bonds. The monoisotopic (exact) mass is 188 g/mol. The van der Waals surface area contributed by atoms with Crippen molar-refractivity contribution in [3.05, 3.63) is 36.0 Å². The highest BCUT2D eigenvalue weighted by molar-refractivity contribution is 5.75. The maximum Gasteiger partial charge on any atom is 0.0390 e. The fourth-order valence-electron chi connectivity index (χ4n) is 1.31. The normalized spacial score (nSPS) is 12.3. The molecule has 1 aromatic rings. The van der Waals surface area contributed by atoms with Gasteiger partial charge < -0.3 is 5.73 Å². The van der Waals surface area contributed by atoms with Gasteiger partial charge in [-0.05, 0) is 25.0 Å². The van der Waals surface area contributed by atoms with Crippen LogP contribution in [0.25, 0.3) is 5.57 Å². The molecular weight excluding hydrogens is 172 g/mol. The lowest BCUT2D eigenvalue weighted by atomic mass is 10.0. The number of benzene rings is 1. The van der Waals surface area contributed by atoms with Crippen molar-refractivity contribution < 1.29 is 0 Å². The summed E-state index contributed by atoms with van der Waals surface area (Å²) in [5.41, 5.74) is 8.94. The smallest absolute Gasteiger partial charge is 0.0390 e. The van der Waals surface area contributed by atoms with Gasteiger partial charge in [0, 0.05) is 23.7 Å². The van der Waals surface area contributed by atoms with Crippen LogP contribution in [-0.4, -0.2) is 6.21 Å². The predicted molar refractivity (Wildman–Crippen MR) is 63.3 cm³/mol. The Morgan fingerprint density at radius 3 is 2.71 bits per heavy atom. The number of nitrogen functional groups attached to an aromatic ring is 1. The molecule has 2 heteroatoms. The van der Waals surface area contributed by atoms with Gasteiger partial charge in [0.1, 0.15) is 0 Å². The average molecular weight is 188 g/mol. The molecule has 2 N–H and O–H groups in total. The molecule has 74 valence electrons. The van der Waals surface area contributed by atoms with E-state index in [1.165, 1.54) is 5.57 Å². The lowest BCUT2D eigenvalue weighted by Crippen LogP contribution is -1.92.